The van der Waals surface area contributed by atoms with Crippen LogP contribution in [0, 0.1) is 0 Å². The number of nitrogen functional groups attached to an aromatic ring is 1. The van der Waals surface area contributed by atoms with Crippen molar-refractivity contribution in [1.29, 1.82) is 0 Å². The summed E-state index contributed by atoms with van der Waals surface area (Å²) in [6.07, 6.45) is 0. The number of carbonyl (C=O) groups excluding carboxylic acids is 1. The zero-order valence-electron chi connectivity index (χ0n) is 8.97. The van der Waals surface area contributed by atoms with Gasteiger partial charge >= 0.3 is 0 Å². The molecular formula is C10H15N3O2S. The highest BCUT2D eigenvalue weighted by Crippen LogP contribution is 2.25. The summed E-state index contributed by atoms with van der Waals surface area (Å²) in [6.45, 7) is 0.294. The van der Waals surface area contributed by atoms with Crippen molar-refractivity contribution >= 4 is 23.4 Å². The Morgan fingerprint density at radius 3 is 2.94 bits per heavy atom. The van der Waals surface area contributed by atoms with Crippen LogP contribution in [0.5, 0.6) is 0 Å². The van der Waals surface area contributed by atoms with Gasteiger partial charge in [0.2, 0.25) is 5.91 Å². The zero-order valence-corrected chi connectivity index (χ0v) is 9.79. The van der Waals surface area contributed by atoms with Gasteiger partial charge in [-0.15, -0.1) is 11.8 Å². The summed E-state index contributed by atoms with van der Waals surface area (Å²) in [6, 6.07) is 7.31. The Hall–Kier alpha value is -1.24. The average Bonchev–Trinajstić information content (AvgIpc) is 2.27. The summed E-state index contributed by atoms with van der Waals surface area (Å²) in [5.41, 5.74) is 8.42. The highest BCUT2D eigenvalue weighted by Gasteiger charge is 2.18. The minimum absolute atomic E-state index is 0.269. The number of thioether (sulfide) groups is 1. The molecule has 0 aliphatic heterocycles. The van der Waals surface area contributed by atoms with Gasteiger partial charge < -0.3 is 10.5 Å². The highest BCUT2D eigenvalue weighted by molar-refractivity contribution is 8.00. The van der Waals surface area contributed by atoms with Gasteiger partial charge in [0.1, 0.15) is 5.25 Å². The Morgan fingerprint density at radius 2 is 2.38 bits per heavy atom. The maximum absolute atomic E-state index is 11.4. The van der Waals surface area contributed by atoms with E-state index < -0.39 is 0 Å². The van der Waals surface area contributed by atoms with Crippen LogP contribution in [-0.2, 0) is 9.53 Å². The van der Waals surface area contributed by atoms with Crippen molar-refractivity contribution in [3.8, 4) is 0 Å². The number of anilines is 1. The van der Waals surface area contributed by atoms with Crippen LogP contribution in [0.1, 0.15) is 0 Å². The molecule has 1 unspecified atom stereocenters. The Labute approximate surface area is 98.5 Å². The predicted molar refractivity (Wildman–Crippen MR) is 64.7 cm³/mol. The van der Waals surface area contributed by atoms with Gasteiger partial charge in [0.25, 0.3) is 0 Å². The normalized spacial score (nSPS) is 12.1. The number of carbonyl (C=O) groups is 1. The Balaban J connectivity index is 2.71. The summed E-state index contributed by atoms with van der Waals surface area (Å²) in [4.78, 5) is 12.3. The first-order valence-electron chi connectivity index (χ1n) is 4.69. The van der Waals surface area contributed by atoms with E-state index in [2.05, 4.69) is 5.43 Å². The summed E-state index contributed by atoms with van der Waals surface area (Å²) >= 11 is 1.36. The van der Waals surface area contributed by atoms with Gasteiger partial charge in [-0.3, -0.25) is 10.2 Å². The molecule has 0 saturated heterocycles. The van der Waals surface area contributed by atoms with Crippen LogP contribution in [0.2, 0.25) is 0 Å². The van der Waals surface area contributed by atoms with E-state index >= 15 is 0 Å². The number of benzene rings is 1. The zero-order chi connectivity index (χ0) is 12.0. The smallest absolute Gasteiger partial charge is 0.249 e. The molecule has 1 atom stereocenters. The van der Waals surface area contributed by atoms with Gasteiger partial charge in [0.15, 0.2) is 0 Å². The molecular weight excluding hydrogens is 226 g/mol. The molecule has 0 fully saturated rings. The van der Waals surface area contributed by atoms with Crippen LogP contribution < -0.4 is 17.0 Å². The van der Waals surface area contributed by atoms with Crippen molar-refractivity contribution in [2.75, 3.05) is 19.5 Å². The van der Waals surface area contributed by atoms with Crippen molar-refractivity contribution in [3.05, 3.63) is 24.3 Å². The van der Waals surface area contributed by atoms with Crippen LogP contribution in [0.25, 0.3) is 0 Å². The van der Waals surface area contributed by atoms with Crippen molar-refractivity contribution < 1.29 is 9.53 Å². The van der Waals surface area contributed by atoms with Crippen LogP contribution in [-0.4, -0.2) is 24.9 Å². The summed E-state index contributed by atoms with van der Waals surface area (Å²) in [5, 5.41) is -0.378. The quantitative estimate of drug-likeness (QED) is 0.228. The van der Waals surface area contributed by atoms with Gasteiger partial charge in [0.05, 0.1) is 6.61 Å². The van der Waals surface area contributed by atoms with E-state index in [0.29, 0.717) is 12.3 Å². The lowest BCUT2D eigenvalue weighted by atomic mass is 10.3. The molecule has 16 heavy (non-hydrogen) atoms. The minimum Gasteiger partial charge on any atom is -0.399 e. The molecule has 5 N–H and O–H groups in total. The van der Waals surface area contributed by atoms with Crippen LogP contribution in [0.3, 0.4) is 0 Å². The molecule has 0 saturated carbocycles. The highest BCUT2D eigenvalue weighted by atomic mass is 32.2. The van der Waals surface area contributed by atoms with Gasteiger partial charge in [-0.2, -0.15) is 0 Å². The Morgan fingerprint density at radius 1 is 1.62 bits per heavy atom. The van der Waals surface area contributed by atoms with Gasteiger partial charge in [-0.05, 0) is 18.2 Å². The van der Waals surface area contributed by atoms with Gasteiger partial charge in [0, 0.05) is 17.7 Å². The lowest BCUT2D eigenvalue weighted by Gasteiger charge is -2.13. The first kappa shape index (κ1) is 12.8. The first-order chi connectivity index (χ1) is 7.67. The Kier molecular flexibility index (Phi) is 5.10. The third-order valence-electron chi connectivity index (χ3n) is 1.89. The van der Waals surface area contributed by atoms with Crippen LogP contribution in [0.4, 0.5) is 5.69 Å². The molecule has 1 aromatic rings. The number of hydrogen-bond donors (Lipinski definition) is 3. The molecule has 0 spiro atoms. The second-order valence-electron chi connectivity index (χ2n) is 3.14. The largest absolute Gasteiger partial charge is 0.399 e. The molecule has 1 amide bonds. The number of rotatable bonds is 5. The maximum Gasteiger partial charge on any atom is 0.249 e. The van der Waals surface area contributed by atoms with Gasteiger partial charge in [-0.25, -0.2) is 5.84 Å². The second-order valence-corrected chi connectivity index (χ2v) is 4.42. The maximum atomic E-state index is 11.4. The molecule has 1 aromatic carbocycles. The molecule has 0 radical (unpaired) electrons. The monoisotopic (exact) mass is 241 g/mol. The average molecular weight is 241 g/mol. The van der Waals surface area contributed by atoms with Gasteiger partial charge in [-0.1, -0.05) is 6.07 Å². The van der Waals surface area contributed by atoms with Crippen LogP contribution >= 0.6 is 11.8 Å². The molecule has 88 valence electrons. The fourth-order valence-electron chi connectivity index (χ4n) is 1.16. The number of amides is 1. The molecule has 0 bridgehead atoms. The SMILES string of the molecule is COCC(Sc1cccc(N)c1)C(=O)NN. The van der Waals surface area contributed by atoms with Crippen molar-refractivity contribution in [2.45, 2.75) is 10.1 Å². The van der Waals surface area contributed by atoms with E-state index in [-0.39, 0.29) is 11.2 Å². The third-order valence-corrected chi connectivity index (χ3v) is 3.05. The van der Waals surface area contributed by atoms with E-state index in [0.717, 1.165) is 4.90 Å². The molecule has 0 aliphatic carbocycles. The number of nitrogens with one attached hydrogen (secondary N) is 1. The predicted octanol–water partition coefficient (Wildman–Crippen LogP) is 0.366. The lowest BCUT2D eigenvalue weighted by Crippen LogP contribution is -2.39. The molecule has 1 rings (SSSR count). The minimum atomic E-state index is -0.378. The third kappa shape index (κ3) is 3.73. The molecule has 0 heterocycles. The summed E-state index contributed by atoms with van der Waals surface area (Å²) in [7, 11) is 1.54. The van der Waals surface area contributed by atoms with E-state index in [1.807, 2.05) is 12.1 Å². The standard InChI is InChI=1S/C10H15N3O2S/c1-15-6-9(10(14)13-12)16-8-4-2-3-7(11)5-8/h2-5,9H,6,11-12H2,1H3,(H,13,14). The fourth-order valence-corrected chi connectivity index (χ4v) is 2.23. The van der Waals surface area contributed by atoms with Crippen molar-refractivity contribution in [2.24, 2.45) is 5.84 Å². The van der Waals surface area contributed by atoms with Crippen molar-refractivity contribution in [1.82, 2.24) is 5.43 Å². The molecule has 5 nitrogen and oxygen atoms in total. The first-order valence-corrected chi connectivity index (χ1v) is 5.57. The number of hydrogen-bond acceptors (Lipinski definition) is 5. The second kappa shape index (κ2) is 6.37. The number of hydrazine groups is 1. The summed E-state index contributed by atoms with van der Waals surface area (Å²) in [5.74, 6) is 4.82. The van der Waals surface area contributed by atoms with E-state index in [1.165, 1.54) is 18.9 Å². The molecule has 0 aromatic heterocycles. The Bertz CT molecular complexity index is 360. The molecule has 6 heteroatoms. The topological polar surface area (TPSA) is 90.4 Å². The fraction of sp³-hybridized carbons (Fsp3) is 0.300. The van der Waals surface area contributed by atoms with E-state index in [4.69, 9.17) is 16.3 Å². The van der Waals surface area contributed by atoms with E-state index in [1.54, 1.807) is 12.1 Å². The van der Waals surface area contributed by atoms with Crippen molar-refractivity contribution in [3.63, 3.8) is 0 Å². The lowest BCUT2D eigenvalue weighted by molar-refractivity contribution is -0.121. The summed E-state index contributed by atoms with van der Waals surface area (Å²) < 4.78 is 4.96. The molecule has 0 aliphatic rings. The van der Waals surface area contributed by atoms with E-state index in [9.17, 15) is 4.79 Å². The number of ether oxygens (including phenoxy) is 1. The number of methoxy groups -OCH3 is 1. The number of nitrogens with two attached hydrogens (primary N) is 2. The van der Waals surface area contributed by atoms with Crippen LogP contribution in [0.15, 0.2) is 29.2 Å².